The second-order valence-corrected chi connectivity index (χ2v) is 21.3. The molecule has 65 heavy (non-hydrogen) atoms. The van der Waals surface area contributed by atoms with Gasteiger partial charge in [0.25, 0.3) is 30.4 Å². The Kier molecular flexibility index (Phi) is 19.5. The van der Waals surface area contributed by atoms with Gasteiger partial charge in [0.15, 0.2) is 0 Å². The van der Waals surface area contributed by atoms with Crippen LogP contribution in [-0.2, 0) is 64.9 Å². The minimum Gasteiger partial charge on any atom is -0.481 e. The Morgan fingerprint density at radius 1 is 0.815 bits per heavy atom. The normalized spacial score (nSPS) is 17.1. The fourth-order valence-corrected chi connectivity index (χ4v) is 9.13. The number of fused-ring (bicyclic) bond motifs is 2. The smallest absolute Gasteiger partial charge is 0.305 e. The van der Waals surface area contributed by atoms with Crippen LogP contribution in [0.25, 0.3) is 17.4 Å². The number of ether oxygens (including phenoxy) is 4. The van der Waals surface area contributed by atoms with Crippen molar-refractivity contribution in [3.63, 3.8) is 0 Å². The lowest BCUT2D eigenvalue weighted by atomic mass is 9.77. The first-order chi connectivity index (χ1) is 30.4. The van der Waals surface area contributed by atoms with Crippen molar-refractivity contribution in [3.05, 3.63) is 82.6 Å². The van der Waals surface area contributed by atoms with Crippen molar-refractivity contribution in [3.8, 4) is 11.3 Å². The van der Waals surface area contributed by atoms with Gasteiger partial charge in [-0.2, -0.15) is 25.3 Å². The molecule has 1 unspecified atom stereocenters. The summed E-state index contributed by atoms with van der Waals surface area (Å²) >= 11 is 0. The van der Waals surface area contributed by atoms with Crippen LogP contribution in [-0.4, -0.2) is 134 Å². The minimum absolute atomic E-state index is 0.0247. The van der Waals surface area contributed by atoms with Gasteiger partial charge < -0.3 is 33.4 Å². The summed E-state index contributed by atoms with van der Waals surface area (Å²) in [6, 6.07) is 12.0. The fraction of sp³-hybridized carbons (Fsp3) is 0.545. The zero-order chi connectivity index (χ0) is 48.1. The predicted octanol–water partition coefficient (Wildman–Crippen LogP) is 4.88. The van der Waals surface area contributed by atoms with Gasteiger partial charge in [0.2, 0.25) is 5.36 Å². The molecule has 4 rings (SSSR count). The van der Waals surface area contributed by atoms with E-state index in [0.29, 0.717) is 61.4 Å². The quantitative estimate of drug-likeness (QED) is 0.0451. The Hall–Kier alpha value is -4.03. The summed E-state index contributed by atoms with van der Waals surface area (Å²) < 4.78 is 131. The van der Waals surface area contributed by atoms with Crippen molar-refractivity contribution in [2.45, 2.75) is 76.0 Å². The monoisotopic (exact) mass is 971 g/mol. The van der Waals surface area contributed by atoms with Gasteiger partial charge >= 0.3 is 5.97 Å². The average Bonchev–Trinajstić information content (AvgIpc) is 3.43. The molecule has 1 aliphatic carbocycles. The topological polar surface area (TPSA) is 257 Å². The van der Waals surface area contributed by atoms with Crippen LogP contribution >= 0.6 is 0 Å². The summed E-state index contributed by atoms with van der Waals surface area (Å²) in [6.45, 7) is 13.3. The van der Waals surface area contributed by atoms with Crippen LogP contribution in [0.4, 0.5) is 5.69 Å². The Labute approximate surface area is 382 Å². The number of nitrogens with zero attached hydrogens (tertiary/aromatic N) is 2. The highest BCUT2D eigenvalue weighted by Gasteiger charge is 2.44. The SMILES string of the molecule is CC[N+](CCCS(=O)(=O)O)=c1ccc2c(C(C)(C)C)cc(C=CC=C3N(CCOCCOCCOCCOCCC(=O)O)c4ccc(S(=O)(=O)O)cc4C3(C)CCCS(=O)(=O)O)oc-2c1. The van der Waals surface area contributed by atoms with Gasteiger partial charge in [-0.3, -0.25) is 18.5 Å². The molecule has 0 saturated heterocycles. The molecular weight excluding hydrogens is 909 g/mol. The number of aliphatic carboxylic acids is 1. The van der Waals surface area contributed by atoms with E-state index in [0.717, 1.165) is 16.5 Å². The Morgan fingerprint density at radius 2 is 1.42 bits per heavy atom. The third-order valence-corrected chi connectivity index (χ3v) is 13.3. The van der Waals surface area contributed by atoms with Crippen LogP contribution in [0.3, 0.4) is 0 Å². The van der Waals surface area contributed by atoms with Gasteiger partial charge in [-0.15, -0.1) is 0 Å². The first kappa shape index (κ1) is 53.6. The molecule has 2 aliphatic heterocycles. The standard InChI is InChI=1S/C44H62N2O16S3/c1-6-45(18-9-29-64(52,53)54)33-12-14-36-37(43(2,3)4)31-34(62-40(36)30-33)10-7-11-41-44(5,17-8-28-63(49,50)51)38-32-35(65(55,56)57)13-15-39(38)46(41)19-21-59-23-25-61-27-26-60-24-22-58-20-16-42(47)48/h7,10-15,30-32H,6,8-9,16-29H2,1-5H3,(H3-,47,48,49,50,51,52,53,54,55,56,57)/p+1. The second kappa shape index (κ2) is 23.6. The van der Waals surface area contributed by atoms with Gasteiger partial charge in [-0.25, -0.2) is 4.58 Å². The van der Waals surface area contributed by atoms with Crippen molar-refractivity contribution in [1.29, 1.82) is 0 Å². The van der Waals surface area contributed by atoms with Gasteiger partial charge in [-0.1, -0.05) is 26.8 Å². The van der Waals surface area contributed by atoms with E-state index < -0.39 is 47.5 Å². The van der Waals surface area contributed by atoms with E-state index >= 15 is 0 Å². The molecule has 4 N–H and O–H groups in total. The summed E-state index contributed by atoms with van der Waals surface area (Å²) in [7, 11) is -13.0. The summed E-state index contributed by atoms with van der Waals surface area (Å²) in [6.07, 6.45) is 5.75. The molecule has 0 aromatic heterocycles. The van der Waals surface area contributed by atoms with Gasteiger partial charge in [0, 0.05) is 41.4 Å². The molecular formula is C44H63N2O16S3+. The van der Waals surface area contributed by atoms with Gasteiger partial charge in [0.05, 0.1) is 81.7 Å². The fourth-order valence-electron chi connectivity index (χ4n) is 7.62. The molecule has 0 spiro atoms. The number of carbonyl (C=O) groups is 1. The number of carboxylic acids is 1. The third kappa shape index (κ3) is 16.7. The molecule has 1 aromatic rings. The molecule has 3 aliphatic rings. The molecule has 0 saturated carbocycles. The zero-order valence-corrected chi connectivity index (χ0v) is 40.1. The maximum absolute atomic E-state index is 12.4. The zero-order valence-electron chi connectivity index (χ0n) is 37.6. The number of allylic oxidation sites excluding steroid dienone is 3. The van der Waals surface area contributed by atoms with Gasteiger partial charge in [0.1, 0.15) is 24.6 Å². The molecule has 0 fully saturated rings. The summed E-state index contributed by atoms with van der Waals surface area (Å²) in [4.78, 5) is 12.2. The molecule has 0 bridgehead atoms. The molecule has 21 heteroatoms. The van der Waals surface area contributed by atoms with Crippen molar-refractivity contribution in [2.75, 3.05) is 88.9 Å². The van der Waals surface area contributed by atoms with E-state index in [-0.39, 0.29) is 81.3 Å². The van der Waals surface area contributed by atoms with Crippen LogP contribution < -0.4 is 14.8 Å². The maximum Gasteiger partial charge on any atom is 0.305 e. The first-order valence-corrected chi connectivity index (χ1v) is 26.0. The first-order valence-electron chi connectivity index (χ1n) is 21.3. The van der Waals surface area contributed by atoms with E-state index in [1.165, 1.54) is 12.1 Å². The van der Waals surface area contributed by atoms with E-state index in [4.69, 9.17) is 28.5 Å². The number of rotatable bonds is 27. The van der Waals surface area contributed by atoms with Crippen molar-refractivity contribution < 1.29 is 72.2 Å². The molecule has 0 radical (unpaired) electrons. The van der Waals surface area contributed by atoms with Crippen LogP contribution in [0.15, 0.2) is 69.6 Å². The molecule has 1 atom stereocenters. The number of hydrogen-bond donors (Lipinski definition) is 4. The molecule has 0 amide bonds. The van der Waals surface area contributed by atoms with E-state index in [1.807, 2.05) is 53.7 Å². The molecule has 18 nitrogen and oxygen atoms in total. The lowest BCUT2D eigenvalue weighted by Crippen LogP contribution is -2.31. The van der Waals surface area contributed by atoms with Crippen molar-refractivity contribution >= 4 is 48.1 Å². The lowest BCUT2D eigenvalue weighted by molar-refractivity contribution is -0.138. The van der Waals surface area contributed by atoms with Gasteiger partial charge in [-0.05, 0) is 85.7 Å². The number of anilines is 1. The number of hydrogen-bond acceptors (Lipinski definition) is 13. The highest BCUT2D eigenvalue weighted by molar-refractivity contribution is 7.86. The highest BCUT2D eigenvalue weighted by atomic mass is 32.2. The van der Waals surface area contributed by atoms with Crippen molar-refractivity contribution in [1.82, 2.24) is 4.58 Å². The molecule has 362 valence electrons. The lowest BCUT2D eigenvalue weighted by Gasteiger charge is -2.30. The summed E-state index contributed by atoms with van der Waals surface area (Å²) in [5.41, 5.74) is 2.37. The predicted molar refractivity (Wildman–Crippen MR) is 245 cm³/mol. The summed E-state index contributed by atoms with van der Waals surface area (Å²) in [5, 5.41) is 9.47. The van der Waals surface area contributed by atoms with Crippen LogP contribution in [0.2, 0.25) is 0 Å². The van der Waals surface area contributed by atoms with Crippen LogP contribution in [0, 0.1) is 0 Å². The Balaban J connectivity index is 1.64. The second-order valence-electron chi connectivity index (χ2n) is 16.7. The third-order valence-electron chi connectivity index (χ3n) is 10.8. The maximum atomic E-state index is 12.4. The molecule has 2 heterocycles. The van der Waals surface area contributed by atoms with Crippen molar-refractivity contribution in [2.24, 2.45) is 0 Å². The highest BCUT2D eigenvalue weighted by Crippen LogP contribution is 2.51. The van der Waals surface area contributed by atoms with E-state index in [2.05, 4.69) is 20.8 Å². The molecule has 1 aromatic carbocycles. The Bertz CT molecular complexity index is 2530. The minimum atomic E-state index is -4.62. The Morgan fingerprint density at radius 3 is 1.98 bits per heavy atom. The van der Waals surface area contributed by atoms with Crippen LogP contribution in [0.5, 0.6) is 0 Å². The largest absolute Gasteiger partial charge is 0.481 e. The number of benzene rings is 2. The summed E-state index contributed by atoms with van der Waals surface area (Å²) in [5.74, 6) is -0.728. The average molecular weight is 972 g/mol. The number of carboxylic acid groups (broad SMARTS) is 1. The van der Waals surface area contributed by atoms with E-state index in [9.17, 15) is 43.7 Å². The van der Waals surface area contributed by atoms with E-state index in [1.54, 1.807) is 18.2 Å². The van der Waals surface area contributed by atoms with Crippen LogP contribution in [0.1, 0.15) is 77.2 Å².